The van der Waals surface area contributed by atoms with Crippen molar-refractivity contribution in [2.45, 2.75) is 45.4 Å². The molecule has 0 spiro atoms. The number of unbranched alkanes of at least 4 members (excludes halogenated alkanes) is 1. The SMILES string of the molecule is C1=CCCCC1.CCCCO. The van der Waals surface area contributed by atoms with Gasteiger partial charge in [-0.1, -0.05) is 25.5 Å². The highest BCUT2D eigenvalue weighted by Gasteiger charge is 1.87. The molecule has 1 N–H and O–H groups in total. The van der Waals surface area contributed by atoms with Gasteiger partial charge < -0.3 is 5.11 Å². The maximum atomic E-state index is 8.07. The second kappa shape index (κ2) is 9.70. The number of aliphatic hydroxyl groups is 1. The van der Waals surface area contributed by atoms with Gasteiger partial charge >= 0.3 is 0 Å². The van der Waals surface area contributed by atoms with Crippen LogP contribution in [-0.2, 0) is 0 Å². The van der Waals surface area contributed by atoms with Gasteiger partial charge in [-0.15, -0.1) is 0 Å². The quantitative estimate of drug-likeness (QED) is 0.609. The van der Waals surface area contributed by atoms with Crippen LogP contribution in [0.3, 0.4) is 0 Å². The van der Waals surface area contributed by atoms with Crippen LogP contribution in [-0.4, -0.2) is 11.7 Å². The number of allylic oxidation sites excluding steroid dienone is 2. The topological polar surface area (TPSA) is 20.2 Å². The Morgan fingerprint density at radius 2 is 1.73 bits per heavy atom. The number of hydrogen-bond acceptors (Lipinski definition) is 1. The molecule has 0 aromatic carbocycles. The molecule has 0 aromatic rings. The average molecular weight is 156 g/mol. The molecule has 0 saturated carbocycles. The number of rotatable bonds is 2. The van der Waals surface area contributed by atoms with E-state index in [-0.39, 0.29) is 0 Å². The van der Waals surface area contributed by atoms with Crippen molar-refractivity contribution in [1.82, 2.24) is 0 Å². The lowest BCUT2D eigenvalue weighted by Crippen LogP contribution is -1.77. The van der Waals surface area contributed by atoms with Crippen molar-refractivity contribution in [2.75, 3.05) is 6.61 Å². The van der Waals surface area contributed by atoms with Crippen molar-refractivity contribution >= 4 is 0 Å². The molecule has 1 aliphatic rings. The minimum atomic E-state index is 0.344. The Morgan fingerprint density at radius 1 is 1.18 bits per heavy atom. The van der Waals surface area contributed by atoms with Crippen LogP contribution in [0.25, 0.3) is 0 Å². The van der Waals surface area contributed by atoms with Gasteiger partial charge in [-0.05, 0) is 32.1 Å². The Kier molecular flexibility index (Phi) is 9.44. The standard InChI is InChI=1S/C6H10.C4H10O/c1-2-4-6-5-3-1;1-2-3-4-5/h1-2H,3-6H2;5H,2-4H2,1H3. The van der Waals surface area contributed by atoms with Crippen LogP contribution in [0.4, 0.5) is 0 Å². The molecule has 11 heavy (non-hydrogen) atoms. The lowest BCUT2D eigenvalue weighted by Gasteiger charge is -1.97. The highest BCUT2D eigenvalue weighted by molar-refractivity contribution is 4.85. The van der Waals surface area contributed by atoms with Crippen molar-refractivity contribution in [2.24, 2.45) is 0 Å². The van der Waals surface area contributed by atoms with Gasteiger partial charge in [0.25, 0.3) is 0 Å². The van der Waals surface area contributed by atoms with Crippen LogP contribution in [0, 0.1) is 0 Å². The third kappa shape index (κ3) is 9.70. The second-order valence-electron chi connectivity index (χ2n) is 2.83. The average Bonchev–Trinajstić information content (AvgIpc) is 2.10. The van der Waals surface area contributed by atoms with Crippen LogP contribution in [0.2, 0.25) is 0 Å². The summed E-state index contributed by atoms with van der Waals surface area (Å²) in [5.74, 6) is 0. The molecule has 0 aromatic heterocycles. The van der Waals surface area contributed by atoms with Gasteiger partial charge in [0, 0.05) is 6.61 Å². The van der Waals surface area contributed by atoms with Crippen LogP contribution in [0.5, 0.6) is 0 Å². The Bertz CT molecular complexity index is 76.9. The highest BCUT2D eigenvalue weighted by Crippen LogP contribution is 2.07. The van der Waals surface area contributed by atoms with Crippen molar-refractivity contribution in [1.29, 1.82) is 0 Å². The predicted molar refractivity (Wildman–Crippen MR) is 49.6 cm³/mol. The lowest BCUT2D eigenvalue weighted by molar-refractivity contribution is 0.287. The van der Waals surface area contributed by atoms with E-state index in [1.54, 1.807) is 0 Å². The molecule has 0 heterocycles. The number of hydrogen-bond donors (Lipinski definition) is 1. The highest BCUT2D eigenvalue weighted by atomic mass is 16.2. The van der Waals surface area contributed by atoms with E-state index in [0.717, 1.165) is 12.8 Å². The van der Waals surface area contributed by atoms with Gasteiger partial charge in [0.05, 0.1) is 0 Å². The smallest absolute Gasteiger partial charge is 0.0430 e. The maximum absolute atomic E-state index is 8.07. The first-order valence-electron chi connectivity index (χ1n) is 4.67. The zero-order valence-electron chi connectivity index (χ0n) is 7.55. The van der Waals surface area contributed by atoms with Crippen molar-refractivity contribution in [3.8, 4) is 0 Å². The Morgan fingerprint density at radius 3 is 1.82 bits per heavy atom. The number of aliphatic hydroxyl groups excluding tert-OH is 1. The van der Waals surface area contributed by atoms with Crippen LogP contribution < -0.4 is 0 Å². The first-order chi connectivity index (χ1) is 5.41. The van der Waals surface area contributed by atoms with Gasteiger partial charge in [0.1, 0.15) is 0 Å². The summed E-state index contributed by atoms with van der Waals surface area (Å²) < 4.78 is 0. The predicted octanol–water partition coefficient (Wildman–Crippen LogP) is 2.90. The molecule has 1 aliphatic carbocycles. The third-order valence-corrected chi connectivity index (χ3v) is 1.67. The monoisotopic (exact) mass is 156 g/mol. The fraction of sp³-hybridized carbons (Fsp3) is 0.800. The van der Waals surface area contributed by atoms with E-state index in [4.69, 9.17) is 5.11 Å². The molecule has 1 heteroatoms. The van der Waals surface area contributed by atoms with E-state index >= 15 is 0 Å². The maximum Gasteiger partial charge on any atom is 0.0430 e. The minimum Gasteiger partial charge on any atom is -0.396 e. The summed E-state index contributed by atoms with van der Waals surface area (Å²) in [7, 11) is 0. The van der Waals surface area contributed by atoms with Crippen LogP contribution >= 0.6 is 0 Å². The summed E-state index contributed by atoms with van der Waals surface area (Å²) in [6, 6.07) is 0. The fourth-order valence-electron chi connectivity index (χ4n) is 0.918. The van der Waals surface area contributed by atoms with E-state index in [1.807, 2.05) is 0 Å². The zero-order valence-corrected chi connectivity index (χ0v) is 7.55. The summed E-state index contributed by atoms with van der Waals surface area (Å²) in [5, 5.41) is 8.07. The third-order valence-electron chi connectivity index (χ3n) is 1.67. The molecule has 0 radical (unpaired) electrons. The Balaban J connectivity index is 0.000000187. The second-order valence-corrected chi connectivity index (χ2v) is 2.83. The molecule has 0 atom stereocenters. The van der Waals surface area contributed by atoms with Crippen molar-refractivity contribution in [3.05, 3.63) is 12.2 Å². The van der Waals surface area contributed by atoms with E-state index in [1.165, 1.54) is 25.7 Å². The molecule has 1 rings (SSSR count). The van der Waals surface area contributed by atoms with Gasteiger partial charge in [-0.2, -0.15) is 0 Å². The van der Waals surface area contributed by atoms with E-state index in [9.17, 15) is 0 Å². The lowest BCUT2D eigenvalue weighted by atomic mass is 10.1. The first-order valence-corrected chi connectivity index (χ1v) is 4.67. The molecular formula is C10H20O. The minimum absolute atomic E-state index is 0.344. The molecule has 66 valence electrons. The molecule has 0 unspecified atom stereocenters. The summed E-state index contributed by atoms with van der Waals surface area (Å²) in [4.78, 5) is 0. The molecule has 0 aliphatic heterocycles. The summed E-state index contributed by atoms with van der Waals surface area (Å²) >= 11 is 0. The van der Waals surface area contributed by atoms with E-state index in [0.29, 0.717) is 6.61 Å². The summed E-state index contributed by atoms with van der Waals surface area (Å²) in [6.07, 6.45) is 12.0. The summed E-state index contributed by atoms with van der Waals surface area (Å²) in [6.45, 7) is 2.40. The van der Waals surface area contributed by atoms with Crippen LogP contribution in [0.15, 0.2) is 12.2 Å². The summed E-state index contributed by atoms with van der Waals surface area (Å²) in [5.41, 5.74) is 0. The van der Waals surface area contributed by atoms with Crippen molar-refractivity contribution < 1.29 is 5.11 Å². The van der Waals surface area contributed by atoms with Gasteiger partial charge in [0.2, 0.25) is 0 Å². The van der Waals surface area contributed by atoms with E-state index < -0.39 is 0 Å². The Labute approximate surface area is 70.1 Å². The molecular weight excluding hydrogens is 136 g/mol. The molecule has 0 amide bonds. The van der Waals surface area contributed by atoms with Gasteiger partial charge in [-0.3, -0.25) is 0 Å². The van der Waals surface area contributed by atoms with Crippen molar-refractivity contribution in [3.63, 3.8) is 0 Å². The normalized spacial score (nSPS) is 15.5. The van der Waals surface area contributed by atoms with Gasteiger partial charge in [0.15, 0.2) is 0 Å². The first kappa shape index (κ1) is 10.7. The zero-order chi connectivity index (χ0) is 8.36. The largest absolute Gasteiger partial charge is 0.396 e. The fourth-order valence-corrected chi connectivity index (χ4v) is 0.918. The molecule has 0 bridgehead atoms. The van der Waals surface area contributed by atoms with Crippen LogP contribution in [0.1, 0.15) is 45.4 Å². The van der Waals surface area contributed by atoms with E-state index in [2.05, 4.69) is 19.1 Å². The Hall–Kier alpha value is -0.300. The van der Waals surface area contributed by atoms with Gasteiger partial charge in [-0.25, -0.2) is 0 Å². The molecule has 0 saturated heterocycles. The molecule has 0 fully saturated rings. The molecule has 1 nitrogen and oxygen atoms in total.